The fourth-order valence-corrected chi connectivity index (χ4v) is 8.40. The second-order valence-electron chi connectivity index (χ2n) is 16.9. The van der Waals surface area contributed by atoms with Crippen LogP contribution in [-0.2, 0) is 71.9 Å². The van der Waals surface area contributed by atoms with Crippen LogP contribution >= 0.6 is 11.8 Å². The van der Waals surface area contributed by atoms with Crippen LogP contribution in [0.3, 0.4) is 0 Å². The fourth-order valence-electron chi connectivity index (χ4n) is 7.16. The van der Waals surface area contributed by atoms with Gasteiger partial charge in [-0.3, -0.25) is 23.8 Å². The van der Waals surface area contributed by atoms with E-state index in [4.69, 9.17) is 67.6 Å². The second kappa shape index (κ2) is 37.8. The Morgan fingerprint density at radius 3 is 1.64 bits per heavy atom. The van der Waals surface area contributed by atoms with Gasteiger partial charge in [-0.1, -0.05) is 13.0 Å². The molecule has 0 aliphatic carbocycles. The Kier molecular flexibility index (Phi) is 31.9. The number of amides is 2. The molecule has 0 spiro atoms. The van der Waals surface area contributed by atoms with Gasteiger partial charge in [0, 0.05) is 30.6 Å². The molecule has 1 aliphatic heterocycles. The van der Waals surface area contributed by atoms with Crippen molar-refractivity contribution in [1.29, 1.82) is 0 Å². The highest BCUT2D eigenvalue weighted by molar-refractivity contribution is 7.98. The van der Waals surface area contributed by atoms with E-state index < -0.39 is 56.4 Å². The largest absolute Gasteiger partial charge is 0.420 e. The van der Waals surface area contributed by atoms with Gasteiger partial charge < -0.3 is 63.2 Å². The maximum Gasteiger partial charge on any atom is 0.313 e. The lowest BCUT2D eigenvalue weighted by Gasteiger charge is -2.21. The molecule has 0 unspecified atom stereocenters. The first-order chi connectivity index (χ1) is 39.0. The average Bonchev–Trinajstić information content (AvgIpc) is 3.90. The minimum Gasteiger partial charge on any atom is -0.420 e. The highest BCUT2D eigenvalue weighted by atomic mass is 32.2. The number of rotatable bonds is 43. The Balaban J connectivity index is 0.899. The molecular weight excluding hydrogens is 1120 g/mol. The molecule has 81 heavy (non-hydrogen) atoms. The first kappa shape index (κ1) is 68.3. The second-order valence-corrected chi connectivity index (χ2v) is 19.0. The standard InChI is InChI=1S/C51H72F4N6O18S2/c1-5-11-60(78-6-2)51(64)37-32-36-7-8-38(34-39(36)58-40(56)33-37)61-35(3)42(50(59-61)80-4)49(63)57-10-13-69-15-17-71-19-21-73-23-25-75-27-29-77-31-30-76-28-26-74-24-22-72-20-18-70-16-14-68-12-9-41(62)79-47-43(52)45(54)48(81(65,66)67)46(55)44(47)53/h7-8,32,34H,5-6,9-31,33H2,1-4H3,(H2,56,58)(H,57,63)(H,65,66,67). The van der Waals surface area contributed by atoms with Crippen LogP contribution in [0.5, 0.6) is 5.75 Å². The zero-order valence-corrected chi connectivity index (χ0v) is 47.4. The molecule has 0 atom stereocenters. The van der Waals surface area contributed by atoms with Crippen molar-refractivity contribution in [3.05, 3.63) is 63.9 Å². The van der Waals surface area contributed by atoms with Crippen LogP contribution in [0.25, 0.3) is 11.8 Å². The van der Waals surface area contributed by atoms with E-state index in [0.717, 1.165) is 12.0 Å². The van der Waals surface area contributed by atoms with Gasteiger partial charge in [0.05, 0.1) is 168 Å². The number of aromatic nitrogens is 2. The summed E-state index contributed by atoms with van der Waals surface area (Å²) in [6.07, 6.45) is 3.97. The van der Waals surface area contributed by atoms with Crippen LogP contribution in [0, 0.1) is 30.2 Å². The van der Waals surface area contributed by atoms with Gasteiger partial charge in [0.25, 0.3) is 11.8 Å². The summed E-state index contributed by atoms with van der Waals surface area (Å²) < 4.78 is 147. The minimum absolute atomic E-state index is 0.0154. The smallest absolute Gasteiger partial charge is 0.313 e. The van der Waals surface area contributed by atoms with Crippen LogP contribution in [0.15, 0.2) is 38.7 Å². The maximum atomic E-state index is 14.0. The first-order valence-corrected chi connectivity index (χ1v) is 28.6. The van der Waals surface area contributed by atoms with Crippen molar-refractivity contribution in [2.24, 2.45) is 10.7 Å². The molecule has 4 rings (SSSR count). The third kappa shape index (κ3) is 23.5. The van der Waals surface area contributed by atoms with Crippen LogP contribution in [0.2, 0.25) is 0 Å². The van der Waals surface area contributed by atoms with Crippen molar-refractivity contribution in [3.63, 3.8) is 0 Å². The van der Waals surface area contributed by atoms with Crippen molar-refractivity contribution in [1.82, 2.24) is 20.2 Å². The lowest BCUT2D eigenvalue weighted by atomic mass is 10.1. The molecule has 2 heterocycles. The number of ether oxygens (including phenoxy) is 11. The lowest BCUT2D eigenvalue weighted by Crippen LogP contribution is -2.34. The van der Waals surface area contributed by atoms with Crippen molar-refractivity contribution in [2.45, 2.75) is 50.0 Å². The molecule has 24 nitrogen and oxygen atoms in total. The molecule has 0 fully saturated rings. The average molecular weight is 1200 g/mol. The summed E-state index contributed by atoms with van der Waals surface area (Å²) in [7, 11) is -5.65. The van der Waals surface area contributed by atoms with Gasteiger partial charge in [0.15, 0.2) is 16.5 Å². The molecule has 0 bridgehead atoms. The van der Waals surface area contributed by atoms with E-state index in [1.165, 1.54) is 16.8 Å². The SMILES string of the molecule is CCCN(OCC)C(=O)C1=Cc2ccc(-n3nc(SC)c(C(=O)NCCOCCOCCOCCOCCOCCOCCOCCOCCOCCOCCC(=O)Oc4c(F)c(F)c(S(=O)(=O)O)c(F)c4F)c3C)cc2N=C(N)C1. The summed E-state index contributed by atoms with van der Waals surface area (Å²) >= 11 is 1.36. The van der Waals surface area contributed by atoms with E-state index in [2.05, 4.69) is 15.0 Å². The predicted molar refractivity (Wildman–Crippen MR) is 284 cm³/mol. The molecule has 1 aromatic heterocycles. The molecule has 3 aromatic rings. The summed E-state index contributed by atoms with van der Waals surface area (Å²) in [6, 6.07) is 5.54. The lowest BCUT2D eigenvalue weighted by molar-refractivity contribution is -0.180. The van der Waals surface area contributed by atoms with Gasteiger partial charge in [0.2, 0.25) is 17.4 Å². The highest BCUT2D eigenvalue weighted by Crippen LogP contribution is 2.34. The number of nitrogens with one attached hydrogen (secondary N) is 1. The van der Waals surface area contributed by atoms with E-state index in [9.17, 15) is 40.4 Å². The number of thioether (sulfide) groups is 1. The number of hydrogen-bond donors (Lipinski definition) is 3. The Labute approximate surface area is 471 Å². The quantitative estimate of drug-likeness (QED) is 0.0102. The predicted octanol–water partition coefficient (Wildman–Crippen LogP) is 4.56. The van der Waals surface area contributed by atoms with Crippen molar-refractivity contribution < 1.29 is 102 Å². The Morgan fingerprint density at radius 2 is 1.20 bits per heavy atom. The summed E-state index contributed by atoms with van der Waals surface area (Å²) in [5.74, 6) is -12.9. The van der Waals surface area contributed by atoms with Gasteiger partial charge in [-0.15, -0.1) is 11.8 Å². The van der Waals surface area contributed by atoms with E-state index in [0.29, 0.717) is 145 Å². The van der Waals surface area contributed by atoms with Crippen molar-refractivity contribution in [2.75, 3.05) is 158 Å². The summed E-state index contributed by atoms with van der Waals surface area (Å²) in [5.41, 5.74) is 9.83. The number of fused-ring (bicyclic) bond motifs is 1. The molecule has 0 saturated carbocycles. The maximum absolute atomic E-state index is 14.0. The third-order valence-corrected chi connectivity index (χ3v) is 12.5. The molecule has 1 aliphatic rings. The number of aliphatic imine (C=N–C) groups is 1. The number of carbonyl (C=O) groups excluding carboxylic acids is 3. The molecule has 0 saturated heterocycles. The fraction of sp³-hybridized carbons (Fsp3) is 0.588. The number of esters is 1. The normalized spacial score (nSPS) is 12.5. The summed E-state index contributed by atoms with van der Waals surface area (Å²) in [4.78, 5) is 46.4. The van der Waals surface area contributed by atoms with Gasteiger partial charge in [-0.05, 0) is 44.7 Å². The van der Waals surface area contributed by atoms with E-state index in [-0.39, 0.29) is 64.4 Å². The molecular formula is C51H72F4N6O18S2. The number of nitrogens with zero attached hydrogens (tertiary/aromatic N) is 4. The van der Waals surface area contributed by atoms with Gasteiger partial charge >= 0.3 is 16.1 Å². The first-order valence-electron chi connectivity index (χ1n) is 25.9. The number of benzene rings is 2. The van der Waals surface area contributed by atoms with E-state index >= 15 is 0 Å². The zero-order valence-electron chi connectivity index (χ0n) is 45.8. The topological polar surface area (TPSA) is 288 Å². The number of halogens is 4. The van der Waals surface area contributed by atoms with Crippen LogP contribution in [0.4, 0.5) is 23.2 Å². The molecule has 2 aromatic carbocycles. The Bertz CT molecular complexity index is 2600. The van der Waals surface area contributed by atoms with E-state index in [1.54, 1.807) is 10.8 Å². The summed E-state index contributed by atoms with van der Waals surface area (Å²) in [5, 5.41) is 9.56. The van der Waals surface area contributed by atoms with Gasteiger partial charge in [-0.25, -0.2) is 23.5 Å². The Hall–Kier alpha value is -5.19. The highest BCUT2D eigenvalue weighted by Gasteiger charge is 2.34. The molecule has 2 amide bonds. The molecule has 0 radical (unpaired) electrons. The molecule has 454 valence electrons. The van der Waals surface area contributed by atoms with Crippen LogP contribution < -0.4 is 15.8 Å². The van der Waals surface area contributed by atoms with Crippen molar-refractivity contribution in [3.8, 4) is 11.4 Å². The third-order valence-electron chi connectivity index (χ3n) is 10.9. The van der Waals surface area contributed by atoms with Crippen molar-refractivity contribution >= 4 is 57.3 Å². The monoisotopic (exact) mass is 1200 g/mol. The number of hydroxylamine groups is 2. The van der Waals surface area contributed by atoms with Gasteiger partial charge in [-0.2, -0.15) is 22.3 Å². The number of nitrogens with two attached hydrogens (primary N) is 1. The van der Waals surface area contributed by atoms with Crippen LogP contribution in [-0.4, -0.2) is 210 Å². The minimum atomic E-state index is -5.65. The van der Waals surface area contributed by atoms with E-state index in [1.807, 2.05) is 45.2 Å². The zero-order chi connectivity index (χ0) is 59.0. The number of amidine groups is 1. The number of hydrogen-bond acceptors (Lipinski definition) is 21. The molecule has 30 heteroatoms. The van der Waals surface area contributed by atoms with Crippen LogP contribution in [0.1, 0.15) is 54.7 Å². The summed E-state index contributed by atoms with van der Waals surface area (Å²) in [6.45, 7) is 12.5. The number of carbonyl (C=O) groups is 3. The Morgan fingerprint density at radius 1 is 0.728 bits per heavy atom. The van der Waals surface area contributed by atoms with Gasteiger partial charge in [0.1, 0.15) is 10.9 Å². The molecule has 4 N–H and O–H groups in total.